The highest BCUT2D eigenvalue weighted by atomic mass is 33.1. The van der Waals surface area contributed by atoms with Crippen molar-refractivity contribution in [2.75, 3.05) is 19.0 Å². The number of amides is 2. The first-order valence-corrected chi connectivity index (χ1v) is 14.3. The minimum Gasteiger partial charge on any atom is -0.464 e. The molecule has 10 heteroatoms. The second-order valence-electron chi connectivity index (χ2n) is 9.35. The van der Waals surface area contributed by atoms with Crippen molar-refractivity contribution in [2.45, 2.75) is 53.7 Å². The Hall–Kier alpha value is -3.50. The molecule has 0 aliphatic carbocycles. The number of hydrogen-bond donors (Lipinski definition) is 3. The fourth-order valence-corrected chi connectivity index (χ4v) is 3.51. The van der Waals surface area contributed by atoms with Crippen molar-refractivity contribution in [3.05, 3.63) is 83.7 Å². The van der Waals surface area contributed by atoms with E-state index in [1.807, 2.05) is 75.4 Å². The second-order valence-corrected chi connectivity index (χ2v) is 9.35. The van der Waals surface area contributed by atoms with E-state index in [9.17, 15) is 14.4 Å². The lowest BCUT2D eigenvalue weighted by Crippen LogP contribution is -2.41. The van der Waals surface area contributed by atoms with Gasteiger partial charge in [-0.3, -0.25) is 9.69 Å². The molecule has 1 N–H and O–H groups in total. The van der Waals surface area contributed by atoms with Crippen LogP contribution in [0.2, 0.25) is 0 Å². The van der Waals surface area contributed by atoms with Gasteiger partial charge in [0.15, 0.2) is 5.69 Å². The molecule has 40 heavy (non-hydrogen) atoms. The summed E-state index contributed by atoms with van der Waals surface area (Å²) < 4.78 is 10.4. The van der Waals surface area contributed by atoms with Crippen LogP contribution in [-0.4, -0.2) is 47.1 Å². The number of methoxy groups -OCH3 is 1. The van der Waals surface area contributed by atoms with Gasteiger partial charge in [-0.05, 0) is 44.9 Å². The molecule has 0 aliphatic heterocycles. The monoisotopic (exact) mass is 585 g/mol. The molecule has 0 saturated heterocycles. The van der Waals surface area contributed by atoms with Crippen molar-refractivity contribution >= 4 is 47.0 Å². The van der Waals surface area contributed by atoms with Crippen molar-refractivity contribution in [3.63, 3.8) is 0 Å². The molecule has 0 fully saturated rings. The fourth-order valence-electron chi connectivity index (χ4n) is 3.51. The maximum atomic E-state index is 13.1. The van der Waals surface area contributed by atoms with Gasteiger partial charge in [-0.25, -0.2) is 14.6 Å². The van der Waals surface area contributed by atoms with E-state index >= 15 is 0 Å². The number of pyridine rings is 1. The number of benzene rings is 2. The van der Waals surface area contributed by atoms with Gasteiger partial charge in [-0.2, -0.15) is 0 Å². The van der Waals surface area contributed by atoms with Crippen LogP contribution < -0.4 is 5.32 Å². The molecule has 2 aromatic carbocycles. The Morgan fingerprint density at radius 1 is 0.950 bits per heavy atom. The Morgan fingerprint density at radius 3 is 2.17 bits per heavy atom. The van der Waals surface area contributed by atoms with Crippen LogP contribution in [0.15, 0.2) is 66.9 Å². The maximum Gasteiger partial charge on any atom is 0.411 e. The molecule has 0 saturated carbocycles. The number of hydrogen-bond acceptors (Lipinski definition) is 8. The van der Waals surface area contributed by atoms with Crippen LogP contribution in [0.5, 0.6) is 0 Å². The highest BCUT2D eigenvalue weighted by Crippen LogP contribution is 2.25. The van der Waals surface area contributed by atoms with E-state index in [4.69, 9.17) is 9.47 Å². The third kappa shape index (κ3) is 11.3. The quantitative estimate of drug-likeness (QED) is 0.157. The first-order valence-electron chi connectivity index (χ1n) is 12.7. The van der Waals surface area contributed by atoms with E-state index in [0.717, 1.165) is 16.7 Å². The smallest absolute Gasteiger partial charge is 0.411 e. The molecular formula is C30H39N3O5S2. The van der Waals surface area contributed by atoms with Gasteiger partial charge in [-0.15, -0.1) is 23.3 Å². The zero-order chi connectivity index (χ0) is 30.3. The van der Waals surface area contributed by atoms with Crippen molar-refractivity contribution in [1.29, 1.82) is 0 Å². The standard InChI is InChI=1S/C28H31N3O5.C2H6.H2S2/c1-19-10-9-11-20(14-19)17-31(27(34)36-28(2,3)4)18-24(32)30-23-15-22(21-12-7-6-8-13-21)16-29-25(23)26(33)35-5;2*1-2/h6-16H,17-18H2,1-5H3,(H,30,32);1-2H3;1-2H. The summed E-state index contributed by atoms with van der Waals surface area (Å²) in [7, 11) is 1.24. The average Bonchev–Trinajstić information content (AvgIpc) is 2.94. The Labute approximate surface area is 247 Å². The lowest BCUT2D eigenvalue weighted by atomic mass is 10.1. The normalized spacial score (nSPS) is 10.1. The molecule has 8 nitrogen and oxygen atoms in total. The van der Waals surface area contributed by atoms with Gasteiger partial charge in [0, 0.05) is 18.3 Å². The molecular weight excluding hydrogens is 546 g/mol. The third-order valence-electron chi connectivity index (χ3n) is 5.09. The van der Waals surface area contributed by atoms with Gasteiger partial charge >= 0.3 is 12.1 Å². The van der Waals surface area contributed by atoms with Crippen molar-refractivity contribution in [2.24, 2.45) is 0 Å². The van der Waals surface area contributed by atoms with Crippen LogP contribution in [-0.2, 0) is 20.8 Å². The SMILES string of the molecule is CC.COC(=O)c1ncc(-c2ccccc2)cc1NC(=O)CN(Cc1cccc(C)c1)C(=O)OC(C)(C)C.SS. The van der Waals surface area contributed by atoms with Gasteiger partial charge in [-0.1, -0.05) is 74.0 Å². The lowest BCUT2D eigenvalue weighted by Gasteiger charge is -2.27. The molecule has 0 aliphatic rings. The van der Waals surface area contributed by atoms with Gasteiger partial charge in [0.05, 0.1) is 12.8 Å². The van der Waals surface area contributed by atoms with E-state index in [-0.39, 0.29) is 24.5 Å². The predicted octanol–water partition coefficient (Wildman–Crippen LogP) is 7.01. The number of carbonyl (C=O) groups excluding carboxylic acids is 3. The minimum absolute atomic E-state index is 0.0342. The molecule has 0 unspecified atom stereocenters. The van der Waals surface area contributed by atoms with Crippen LogP contribution >= 0.6 is 23.3 Å². The average molecular weight is 586 g/mol. The number of aryl methyl sites for hydroxylation is 1. The number of rotatable bonds is 7. The Morgan fingerprint density at radius 2 is 1.60 bits per heavy atom. The zero-order valence-corrected chi connectivity index (χ0v) is 25.9. The molecule has 2 amide bonds. The van der Waals surface area contributed by atoms with Crippen LogP contribution in [0, 0.1) is 6.92 Å². The number of aromatic nitrogens is 1. The zero-order valence-electron chi connectivity index (χ0n) is 24.1. The van der Waals surface area contributed by atoms with Crippen molar-refractivity contribution < 1.29 is 23.9 Å². The lowest BCUT2D eigenvalue weighted by molar-refractivity contribution is -0.117. The summed E-state index contributed by atoms with van der Waals surface area (Å²) in [5.74, 6) is -1.20. The van der Waals surface area contributed by atoms with Gasteiger partial charge < -0.3 is 14.8 Å². The molecule has 0 spiro atoms. The summed E-state index contributed by atoms with van der Waals surface area (Å²) in [5, 5.41) is 2.73. The summed E-state index contributed by atoms with van der Waals surface area (Å²) >= 11 is 6.44. The van der Waals surface area contributed by atoms with Crippen LogP contribution in [0.4, 0.5) is 10.5 Å². The minimum atomic E-state index is -0.732. The van der Waals surface area contributed by atoms with E-state index in [1.165, 1.54) is 12.0 Å². The molecule has 0 radical (unpaired) electrons. The molecule has 3 rings (SSSR count). The molecule has 1 heterocycles. The number of nitrogens with one attached hydrogen (secondary N) is 1. The summed E-state index contributed by atoms with van der Waals surface area (Å²) in [6.45, 7) is 11.1. The topological polar surface area (TPSA) is 97.8 Å². The first-order chi connectivity index (χ1) is 19.1. The van der Waals surface area contributed by atoms with Crippen LogP contribution in [0.1, 0.15) is 56.2 Å². The van der Waals surface area contributed by atoms with E-state index in [1.54, 1.807) is 33.0 Å². The van der Waals surface area contributed by atoms with Gasteiger partial charge in [0.2, 0.25) is 5.91 Å². The van der Waals surface area contributed by atoms with E-state index in [0.29, 0.717) is 5.56 Å². The summed E-state index contributed by atoms with van der Waals surface area (Å²) in [5.41, 5.74) is 2.89. The Kier molecular flexibility index (Phi) is 14.9. The maximum absolute atomic E-state index is 13.1. The number of ether oxygens (including phenoxy) is 2. The van der Waals surface area contributed by atoms with Crippen LogP contribution in [0.3, 0.4) is 0 Å². The molecule has 216 valence electrons. The third-order valence-corrected chi connectivity index (χ3v) is 5.09. The Bertz CT molecular complexity index is 1250. The van der Waals surface area contributed by atoms with Crippen molar-refractivity contribution in [3.8, 4) is 11.1 Å². The first kappa shape index (κ1) is 34.5. The largest absolute Gasteiger partial charge is 0.464 e. The number of carbonyl (C=O) groups is 3. The predicted molar refractivity (Wildman–Crippen MR) is 167 cm³/mol. The number of anilines is 1. The van der Waals surface area contributed by atoms with Gasteiger partial charge in [0.25, 0.3) is 0 Å². The van der Waals surface area contributed by atoms with Crippen molar-refractivity contribution in [1.82, 2.24) is 9.88 Å². The highest BCUT2D eigenvalue weighted by Gasteiger charge is 2.25. The highest BCUT2D eigenvalue weighted by molar-refractivity contribution is 8.59. The Balaban J connectivity index is 0.00000191. The summed E-state index contributed by atoms with van der Waals surface area (Å²) in [4.78, 5) is 43.9. The molecule has 1 aromatic heterocycles. The van der Waals surface area contributed by atoms with Crippen LogP contribution in [0.25, 0.3) is 11.1 Å². The van der Waals surface area contributed by atoms with E-state index < -0.39 is 23.6 Å². The number of esters is 1. The van der Waals surface area contributed by atoms with Gasteiger partial charge in [0.1, 0.15) is 12.1 Å². The second kappa shape index (κ2) is 17.2. The number of nitrogens with zero attached hydrogens (tertiary/aromatic N) is 2. The summed E-state index contributed by atoms with van der Waals surface area (Å²) in [6, 6.07) is 18.8. The summed E-state index contributed by atoms with van der Waals surface area (Å²) in [6.07, 6.45) is 0.922. The molecule has 3 aromatic rings. The fraction of sp³-hybridized carbons (Fsp3) is 0.333. The van der Waals surface area contributed by atoms with E-state index in [2.05, 4.69) is 33.6 Å². The number of thiol groups is 2. The molecule has 0 atom stereocenters. The molecule has 0 bridgehead atoms.